The van der Waals surface area contributed by atoms with Gasteiger partial charge >= 0.3 is 0 Å². The highest BCUT2D eigenvalue weighted by Crippen LogP contribution is 2.21. The summed E-state index contributed by atoms with van der Waals surface area (Å²) in [7, 11) is 0. The molecule has 0 saturated heterocycles. The molecular formula is C24H18IN3O3. The number of rotatable bonds is 4. The molecule has 0 aliphatic heterocycles. The summed E-state index contributed by atoms with van der Waals surface area (Å²) in [6, 6.07) is 17.8. The van der Waals surface area contributed by atoms with Gasteiger partial charge in [0.05, 0.1) is 21.5 Å². The first-order chi connectivity index (χ1) is 14.8. The maximum absolute atomic E-state index is 13.5. The van der Waals surface area contributed by atoms with Gasteiger partial charge < -0.3 is 0 Å². The van der Waals surface area contributed by atoms with E-state index in [4.69, 9.17) is 4.98 Å². The minimum Gasteiger partial charge on any atom is -0.268 e. The number of halogens is 1. The number of non-ortho nitro benzene ring substituents is 1. The standard InChI is InChI=1S/C24H18IN3O3/c1-15-6-10-22(16(2)12-15)27-23(11-7-17-4-3-5-19(13-17)28(30)31)26-21-9-8-18(25)14-20(21)24(27)29/h3-14H,1-2H3. The molecule has 7 heteroatoms. The van der Waals surface area contributed by atoms with Crippen LogP contribution in [0.4, 0.5) is 5.69 Å². The molecule has 0 unspecified atom stereocenters. The topological polar surface area (TPSA) is 78.0 Å². The van der Waals surface area contributed by atoms with E-state index in [1.54, 1.807) is 28.9 Å². The quantitative estimate of drug-likeness (QED) is 0.196. The highest BCUT2D eigenvalue weighted by molar-refractivity contribution is 14.1. The first kappa shape index (κ1) is 20.9. The second kappa shape index (κ2) is 8.43. The summed E-state index contributed by atoms with van der Waals surface area (Å²) in [5.74, 6) is 0.456. The van der Waals surface area contributed by atoms with Crippen molar-refractivity contribution in [3.05, 3.63) is 107 Å². The lowest BCUT2D eigenvalue weighted by molar-refractivity contribution is -0.384. The predicted molar refractivity (Wildman–Crippen MR) is 132 cm³/mol. The van der Waals surface area contributed by atoms with Crippen molar-refractivity contribution in [3.63, 3.8) is 0 Å². The third-order valence-corrected chi connectivity index (χ3v) is 5.63. The number of aromatic nitrogens is 2. The van der Waals surface area contributed by atoms with Crippen LogP contribution in [0.25, 0.3) is 28.7 Å². The van der Waals surface area contributed by atoms with Gasteiger partial charge in [-0.15, -0.1) is 0 Å². The third-order valence-electron chi connectivity index (χ3n) is 4.96. The summed E-state index contributed by atoms with van der Waals surface area (Å²) in [6.07, 6.45) is 3.45. The minimum absolute atomic E-state index is 0.00923. The molecule has 1 heterocycles. The van der Waals surface area contributed by atoms with Crippen molar-refractivity contribution in [1.29, 1.82) is 0 Å². The number of nitro groups is 1. The molecule has 0 saturated carbocycles. The highest BCUT2D eigenvalue weighted by Gasteiger charge is 2.14. The fourth-order valence-corrected chi connectivity index (χ4v) is 3.98. The third kappa shape index (κ3) is 4.27. The number of fused-ring (bicyclic) bond motifs is 1. The van der Waals surface area contributed by atoms with Crippen molar-refractivity contribution >= 4 is 51.3 Å². The number of nitrogens with zero attached hydrogens (tertiary/aromatic N) is 3. The van der Waals surface area contributed by atoms with Crippen LogP contribution in [-0.4, -0.2) is 14.5 Å². The number of aryl methyl sites for hydroxylation is 2. The van der Waals surface area contributed by atoms with E-state index < -0.39 is 4.92 Å². The first-order valence-electron chi connectivity index (χ1n) is 9.56. The van der Waals surface area contributed by atoms with E-state index in [2.05, 4.69) is 22.6 Å². The van der Waals surface area contributed by atoms with Gasteiger partial charge in [0.25, 0.3) is 11.2 Å². The fraction of sp³-hybridized carbons (Fsp3) is 0.0833. The van der Waals surface area contributed by atoms with Gasteiger partial charge in [0.1, 0.15) is 5.82 Å². The van der Waals surface area contributed by atoms with E-state index in [-0.39, 0.29) is 11.2 Å². The van der Waals surface area contributed by atoms with Crippen LogP contribution in [-0.2, 0) is 0 Å². The van der Waals surface area contributed by atoms with Crippen LogP contribution in [0.15, 0.2) is 65.5 Å². The summed E-state index contributed by atoms with van der Waals surface area (Å²) in [6.45, 7) is 3.96. The van der Waals surface area contributed by atoms with Gasteiger partial charge in [0.2, 0.25) is 0 Å². The number of hydrogen-bond acceptors (Lipinski definition) is 4. The summed E-state index contributed by atoms with van der Waals surface area (Å²) >= 11 is 2.18. The minimum atomic E-state index is -0.432. The van der Waals surface area contributed by atoms with Gasteiger partial charge in [-0.25, -0.2) is 4.98 Å². The fourth-order valence-electron chi connectivity index (χ4n) is 3.49. The van der Waals surface area contributed by atoms with Gasteiger partial charge in [-0.3, -0.25) is 19.5 Å². The molecule has 0 atom stereocenters. The van der Waals surface area contributed by atoms with Gasteiger partial charge in [-0.05, 0) is 77.9 Å². The number of hydrogen-bond donors (Lipinski definition) is 0. The van der Waals surface area contributed by atoms with E-state index in [0.717, 1.165) is 20.4 Å². The molecule has 0 N–H and O–H groups in total. The molecule has 4 rings (SSSR count). The van der Waals surface area contributed by atoms with Crippen molar-refractivity contribution in [2.45, 2.75) is 13.8 Å². The van der Waals surface area contributed by atoms with Crippen LogP contribution in [0.3, 0.4) is 0 Å². The van der Waals surface area contributed by atoms with Crippen LogP contribution in [0.1, 0.15) is 22.5 Å². The summed E-state index contributed by atoms with van der Waals surface area (Å²) < 4.78 is 2.55. The predicted octanol–water partition coefficient (Wildman–Crippen LogP) is 5.69. The zero-order chi connectivity index (χ0) is 22.1. The second-order valence-electron chi connectivity index (χ2n) is 7.25. The van der Waals surface area contributed by atoms with Crippen molar-refractivity contribution < 1.29 is 4.92 Å². The Morgan fingerprint density at radius 2 is 1.84 bits per heavy atom. The lowest BCUT2D eigenvalue weighted by Gasteiger charge is -2.14. The summed E-state index contributed by atoms with van der Waals surface area (Å²) in [4.78, 5) is 28.9. The maximum Gasteiger partial charge on any atom is 0.270 e. The molecule has 154 valence electrons. The number of nitro benzene ring substituents is 1. The molecule has 6 nitrogen and oxygen atoms in total. The molecule has 0 radical (unpaired) electrons. The maximum atomic E-state index is 13.5. The SMILES string of the molecule is Cc1ccc(-n2c(C=Cc3cccc([N+](=O)[O-])c3)nc3ccc(I)cc3c2=O)c(C)c1. The van der Waals surface area contributed by atoms with Crippen molar-refractivity contribution in [3.8, 4) is 5.69 Å². The van der Waals surface area contributed by atoms with Gasteiger partial charge in [-0.2, -0.15) is 0 Å². The molecule has 0 aliphatic rings. The Hall–Kier alpha value is -3.33. The lowest BCUT2D eigenvalue weighted by atomic mass is 10.1. The summed E-state index contributed by atoms with van der Waals surface area (Å²) in [5, 5.41) is 11.6. The Kier molecular flexibility index (Phi) is 5.69. The Balaban J connectivity index is 1.95. The van der Waals surface area contributed by atoms with Gasteiger partial charge in [0, 0.05) is 15.7 Å². The van der Waals surface area contributed by atoms with Crippen molar-refractivity contribution in [2.75, 3.05) is 0 Å². The normalized spacial score (nSPS) is 11.3. The average Bonchev–Trinajstić information content (AvgIpc) is 2.74. The molecule has 0 amide bonds. The molecule has 0 bridgehead atoms. The van der Waals surface area contributed by atoms with Crippen LogP contribution < -0.4 is 5.56 Å². The molecule has 31 heavy (non-hydrogen) atoms. The Bertz CT molecular complexity index is 1420. The zero-order valence-corrected chi connectivity index (χ0v) is 19.0. The molecule has 0 fully saturated rings. The molecule has 4 aromatic rings. The molecule has 0 spiro atoms. The van der Waals surface area contributed by atoms with E-state index in [1.807, 2.05) is 50.2 Å². The molecule has 1 aromatic heterocycles. The number of benzene rings is 3. The first-order valence-corrected chi connectivity index (χ1v) is 10.6. The van der Waals surface area contributed by atoms with E-state index in [9.17, 15) is 14.9 Å². The van der Waals surface area contributed by atoms with Crippen molar-refractivity contribution in [2.24, 2.45) is 0 Å². The van der Waals surface area contributed by atoms with Crippen LogP contribution in [0.5, 0.6) is 0 Å². The van der Waals surface area contributed by atoms with Gasteiger partial charge in [0.15, 0.2) is 0 Å². The largest absolute Gasteiger partial charge is 0.270 e. The van der Waals surface area contributed by atoms with Gasteiger partial charge in [-0.1, -0.05) is 35.9 Å². The zero-order valence-electron chi connectivity index (χ0n) is 16.9. The highest BCUT2D eigenvalue weighted by atomic mass is 127. The van der Waals surface area contributed by atoms with Crippen LogP contribution >= 0.6 is 22.6 Å². The monoisotopic (exact) mass is 523 g/mol. The Morgan fingerprint density at radius 3 is 2.58 bits per heavy atom. The van der Waals surface area contributed by atoms with E-state index in [1.165, 1.54) is 12.1 Å². The van der Waals surface area contributed by atoms with E-state index in [0.29, 0.717) is 22.3 Å². The smallest absolute Gasteiger partial charge is 0.268 e. The van der Waals surface area contributed by atoms with E-state index >= 15 is 0 Å². The summed E-state index contributed by atoms with van der Waals surface area (Å²) in [5.41, 5.74) is 3.92. The Labute approximate surface area is 192 Å². The second-order valence-corrected chi connectivity index (χ2v) is 8.49. The molecular weight excluding hydrogens is 505 g/mol. The molecule has 3 aromatic carbocycles. The van der Waals surface area contributed by atoms with Crippen LogP contribution in [0, 0.1) is 27.5 Å². The molecule has 0 aliphatic carbocycles. The average molecular weight is 523 g/mol. The van der Waals surface area contributed by atoms with Crippen molar-refractivity contribution in [1.82, 2.24) is 9.55 Å². The lowest BCUT2D eigenvalue weighted by Crippen LogP contribution is -2.23. The van der Waals surface area contributed by atoms with Crippen LogP contribution in [0.2, 0.25) is 0 Å². The Morgan fingerprint density at radius 1 is 1.03 bits per heavy atom.